The molecule has 1 heterocycles. The van der Waals surface area contributed by atoms with E-state index in [1.54, 1.807) is 6.92 Å². The van der Waals surface area contributed by atoms with Crippen molar-refractivity contribution in [1.29, 1.82) is 0 Å². The number of carbonyl (C=O) groups excluding carboxylic acids is 2. The van der Waals surface area contributed by atoms with Crippen molar-refractivity contribution in [3.05, 3.63) is 60.2 Å². The monoisotopic (exact) mass is 531 g/mol. The number of hydrogen-bond donors (Lipinski definition) is 1. The molecule has 2 aromatic carbocycles. The number of rotatable bonds is 13. The summed E-state index contributed by atoms with van der Waals surface area (Å²) in [7, 11) is -3.61. The Balaban J connectivity index is 1.64. The number of morpholine rings is 1. The van der Waals surface area contributed by atoms with E-state index in [0.717, 1.165) is 24.8 Å². The highest BCUT2D eigenvalue weighted by Gasteiger charge is 2.28. The Labute approximate surface area is 219 Å². The maximum atomic E-state index is 13.2. The molecule has 1 aliphatic rings. The summed E-state index contributed by atoms with van der Waals surface area (Å²) in [5, 5.41) is 2.92. The van der Waals surface area contributed by atoms with Crippen molar-refractivity contribution >= 4 is 21.8 Å². The van der Waals surface area contributed by atoms with Gasteiger partial charge >= 0.3 is 0 Å². The quantitative estimate of drug-likeness (QED) is 0.399. The molecule has 1 fully saturated rings. The van der Waals surface area contributed by atoms with Crippen LogP contribution in [0.2, 0.25) is 0 Å². The van der Waals surface area contributed by atoms with Gasteiger partial charge in [0.25, 0.3) is 5.91 Å². The predicted octanol–water partition coefficient (Wildman–Crippen LogP) is 2.81. The van der Waals surface area contributed by atoms with Gasteiger partial charge in [-0.05, 0) is 43.2 Å². The fraction of sp³-hybridized carbons (Fsp3) is 0.481. The first-order valence-electron chi connectivity index (χ1n) is 12.7. The Bertz CT molecular complexity index is 1100. The summed E-state index contributed by atoms with van der Waals surface area (Å²) in [5.74, 6) is -0.186. The molecule has 1 N–H and O–H groups in total. The van der Waals surface area contributed by atoms with E-state index in [2.05, 4.69) is 12.2 Å². The van der Waals surface area contributed by atoms with Crippen LogP contribution >= 0.6 is 0 Å². The van der Waals surface area contributed by atoms with Crippen LogP contribution in [-0.4, -0.2) is 74.9 Å². The molecule has 9 nitrogen and oxygen atoms in total. The molecular formula is C27H37N3O6S. The third-order valence-corrected chi connectivity index (χ3v) is 8.15. The summed E-state index contributed by atoms with van der Waals surface area (Å²) in [6.45, 7) is 5.74. The van der Waals surface area contributed by atoms with Gasteiger partial charge in [-0.3, -0.25) is 9.59 Å². The molecule has 37 heavy (non-hydrogen) atoms. The number of ether oxygens (including phenoxy) is 2. The standard InChI is InChI=1S/C27H37N3O6S/c1-3-4-8-15-28-27(32)22(2)30(20-23-9-6-5-7-10-23)26(31)21-36-24-11-13-25(14-12-24)37(33,34)29-16-18-35-19-17-29/h5-7,9-14,22H,3-4,8,15-21H2,1-2H3,(H,28,32). The molecule has 1 atom stereocenters. The molecule has 202 valence electrons. The van der Waals surface area contributed by atoms with Gasteiger partial charge in [0.05, 0.1) is 18.1 Å². The van der Waals surface area contributed by atoms with Crippen LogP contribution in [0, 0.1) is 0 Å². The molecule has 2 aromatic rings. The molecule has 1 unspecified atom stereocenters. The van der Waals surface area contributed by atoms with Crippen molar-refractivity contribution in [2.45, 2.75) is 50.6 Å². The average Bonchev–Trinajstić information content (AvgIpc) is 2.93. The highest BCUT2D eigenvalue weighted by Crippen LogP contribution is 2.21. The maximum absolute atomic E-state index is 13.2. The Morgan fingerprint density at radius 1 is 1.05 bits per heavy atom. The molecule has 2 amide bonds. The molecule has 0 saturated carbocycles. The third kappa shape index (κ3) is 8.28. The van der Waals surface area contributed by atoms with Crippen molar-refractivity contribution in [3.63, 3.8) is 0 Å². The fourth-order valence-electron chi connectivity index (χ4n) is 3.97. The third-order valence-electron chi connectivity index (χ3n) is 6.24. The van der Waals surface area contributed by atoms with Crippen LogP contribution in [0.5, 0.6) is 5.75 Å². The molecule has 0 spiro atoms. The van der Waals surface area contributed by atoms with Crippen LogP contribution in [0.1, 0.15) is 38.7 Å². The molecule has 0 bridgehead atoms. The van der Waals surface area contributed by atoms with E-state index in [1.807, 2.05) is 30.3 Å². The summed E-state index contributed by atoms with van der Waals surface area (Å²) < 4.78 is 37.9. The van der Waals surface area contributed by atoms with Crippen LogP contribution in [0.3, 0.4) is 0 Å². The zero-order chi connectivity index (χ0) is 26.7. The number of sulfonamides is 1. The Morgan fingerprint density at radius 3 is 2.38 bits per heavy atom. The second-order valence-electron chi connectivity index (χ2n) is 8.96. The topological polar surface area (TPSA) is 105 Å². The van der Waals surface area contributed by atoms with Crippen molar-refractivity contribution < 1.29 is 27.5 Å². The Hall–Kier alpha value is -2.95. The lowest BCUT2D eigenvalue weighted by Gasteiger charge is -2.29. The van der Waals surface area contributed by atoms with Crippen LogP contribution < -0.4 is 10.1 Å². The van der Waals surface area contributed by atoms with Gasteiger partial charge in [-0.15, -0.1) is 0 Å². The smallest absolute Gasteiger partial charge is 0.261 e. The maximum Gasteiger partial charge on any atom is 0.261 e. The second-order valence-corrected chi connectivity index (χ2v) is 10.9. The molecule has 0 aromatic heterocycles. The highest BCUT2D eigenvalue weighted by atomic mass is 32.2. The number of carbonyl (C=O) groups is 2. The highest BCUT2D eigenvalue weighted by molar-refractivity contribution is 7.89. The molecule has 1 saturated heterocycles. The van der Waals surface area contributed by atoms with E-state index < -0.39 is 16.1 Å². The molecule has 0 aliphatic carbocycles. The van der Waals surface area contributed by atoms with E-state index >= 15 is 0 Å². The summed E-state index contributed by atoms with van der Waals surface area (Å²) in [5.41, 5.74) is 0.902. The summed E-state index contributed by atoms with van der Waals surface area (Å²) >= 11 is 0. The van der Waals surface area contributed by atoms with Crippen molar-refractivity contribution in [3.8, 4) is 5.75 Å². The van der Waals surface area contributed by atoms with Gasteiger partial charge in [-0.1, -0.05) is 50.1 Å². The minimum absolute atomic E-state index is 0.159. The number of nitrogens with one attached hydrogen (secondary N) is 1. The number of amides is 2. The van der Waals surface area contributed by atoms with Gasteiger partial charge in [0.15, 0.2) is 6.61 Å². The average molecular weight is 532 g/mol. The van der Waals surface area contributed by atoms with Crippen LogP contribution in [-0.2, 0) is 30.9 Å². The number of nitrogens with zero attached hydrogens (tertiary/aromatic N) is 2. The summed E-state index contributed by atoms with van der Waals surface area (Å²) in [6.07, 6.45) is 2.98. The van der Waals surface area contributed by atoms with E-state index in [-0.39, 0.29) is 29.9 Å². The lowest BCUT2D eigenvalue weighted by atomic mass is 10.1. The van der Waals surface area contributed by atoms with Gasteiger partial charge in [0, 0.05) is 26.2 Å². The van der Waals surface area contributed by atoms with E-state index in [9.17, 15) is 18.0 Å². The summed E-state index contributed by atoms with van der Waals surface area (Å²) in [6, 6.07) is 14.8. The lowest BCUT2D eigenvalue weighted by Crippen LogP contribution is -2.49. The number of benzene rings is 2. The first kappa shape index (κ1) is 28.6. The van der Waals surface area contributed by atoms with Crippen LogP contribution in [0.25, 0.3) is 0 Å². The van der Waals surface area contributed by atoms with Gasteiger partial charge in [-0.25, -0.2) is 8.42 Å². The number of hydrogen-bond acceptors (Lipinski definition) is 6. The predicted molar refractivity (Wildman–Crippen MR) is 141 cm³/mol. The molecule has 3 rings (SSSR count). The largest absolute Gasteiger partial charge is 0.484 e. The van der Waals surface area contributed by atoms with E-state index in [4.69, 9.17) is 9.47 Å². The zero-order valence-electron chi connectivity index (χ0n) is 21.6. The molecule has 10 heteroatoms. The minimum Gasteiger partial charge on any atom is -0.484 e. The molecule has 0 radical (unpaired) electrons. The van der Waals surface area contributed by atoms with Gasteiger partial charge in [0.2, 0.25) is 15.9 Å². The SMILES string of the molecule is CCCCCNC(=O)C(C)N(Cc1ccccc1)C(=O)COc1ccc(S(=O)(=O)N2CCOCC2)cc1. The van der Waals surface area contributed by atoms with Crippen LogP contribution in [0.15, 0.2) is 59.5 Å². The first-order valence-corrected chi connectivity index (χ1v) is 14.2. The first-order chi connectivity index (χ1) is 17.8. The van der Waals surface area contributed by atoms with E-state index in [0.29, 0.717) is 38.6 Å². The Morgan fingerprint density at radius 2 is 1.73 bits per heavy atom. The normalized spacial score (nSPS) is 15.1. The van der Waals surface area contributed by atoms with Gasteiger partial charge in [0.1, 0.15) is 11.8 Å². The number of unbranched alkanes of at least 4 members (excludes halogenated alkanes) is 2. The second kappa shape index (κ2) is 14.1. The van der Waals surface area contributed by atoms with Crippen molar-refractivity contribution in [2.24, 2.45) is 0 Å². The van der Waals surface area contributed by atoms with Crippen molar-refractivity contribution in [2.75, 3.05) is 39.5 Å². The van der Waals surface area contributed by atoms with Crippen LogP contribution in [0.4, 0.5) is 0 Å². The zero-order valence-corrected chi connectivity index (χ0v) is 22.4. The minimum atomic E-state index is -3.61. The van der Waals surface area contributed by atoms with Gasteiger partial charge in [-0.2, -0.15) is 4.31 Å². The van der Waals surface area contributed by atoms with Gasteiger partial charge < -0.3 is 19.7 Å². The van der Waals surface area contributed by atoms with Crippen molar-refractivity contribution in [1.82, 2.24) is 14.5 Å². The fourth-order valence-corrected chi connectivity index (χ4v) is 5.38. The Kier molecular flexibility index (Phi) is 10.9. The molecular weight excluding hydrogens is 494 g/mol. The summed E-state index contributed by atoms with van der Waals surface area (Å²) in [4.78, 5) is 27.6. The molecule has 1 aliphatic heterocycles. The van der Waals surface area contributed by atoms with E-state index in [1.165, 1.54) is 33.5 Å². The lowest BCUT2D eigenvalue weighted by molar-refractivity contribution is -0.142.